The lowest BCUT2D eigenvalue weighted by atomic mass is 9.84. The molecule has 0 amide bonds. The Morgan fingerprint density at radius 3 is 1.91 bits per heavy atom. The molecule has 3 fully saturated rings. The van der Waals surface area contributed by atoms with E-state index >= 15 is 0 Å². The van der Waals surface area contributed by atoms with Crippen LogP contribution in [-0.4, -0.2) is 29.5 Å². The van der Waals surface area contributed by atoms with Gasteiger partial charge in [-0.05, 0) is 51.2 Å². The fourth-order valence-electron chi connectivity index (χ4n) is 5.00. The Bertz CT molecular complexity index is 980. The van der Waals surface area contributed by atoms with Gasteiger partial charge in [0.15, 0.2) is 5.79 Å². The highest BCUT2D eigenvalue weighted by atomic mass is 16.8. The molecule has 0 aromatic carbocycles. The van der Waals surface area contributed by atoms with E-state index < -0.39 is 35.4 Å². The predicted molar refractivity (Wildman–Crippen MR) is 118 cm³/mol. The van der Waals surface area contributed by atoms with Crippen LogP contribution in [0.4, 0.5) is 0 Å². The third kappa shape index (κ3) is 4.50. The van der Waals surface area contributed by atoms with Crippen molar-refractivity contribution in [2.45, 2.75) is 83.7 Å². The largest absolute Gasteiger partial charge is 0.574 e. The predicted octanol–water partition coefficient (Wildman–Crippen LogP) is 3.47. The number of carbonyl (C=O) groups excluding carboxylic acids is 3. The summed E-state index contributed by atoms with van der Waals surface area (Å²) in [6.45, 7) is 5.53. The van der Waals surface area contributed by atoms with Gasteiger partial charge in [0.25, 0.3) is 5.79 Å². The molecule has 1 saturated heterocycles. The second kappa shape index (κ2) is 9.31. The average Bonchev–Trinajstić information content (AvgIpc) is 2.77. The zero-order chi connectivity index (χ0) is 24.5. The van der Waals surface area contributed by atoms with Crippen LogP contribution in [0.1, 0.15) is 72.1 Å². The van der Waals surface area contributed by atoms with Crippen LogP contribution in [-0.2, 0) is 33.3 Å². The molecule has 2 aliphatic carbocycles. The number of ether oxygens (including phenoxy) is 4. The van der Waals surface area contributed by atoms with Crippen LogP contribution in [0, 0.1) is 11.8 Å². The van der Waals surface area contributed by atoms with Crippen molar-refractivity contribution in [1.29, 1.82) is 0 Å². The topological polar surface area (TPSA) is 111 Å². The van der Waals surface area contributed by atoms with Gasteiger partial charge in [-0.25, -0.2) is 14.4 Å². The molecular formula is C26H31O8-. The maximum atomic E-state index is 12.5. The van der Waals surface area contributed by atoms with E-state index in [4.69, 9.17) is 18.9 Å². The summed E-state index contributed by atoms with van der Waals surface area (Å²) in [4.78, 5) is 37.6. The maximum Gasteiger partial charge on any atom is 0.348 e. The molecule has 4 aliphatic rings. The van der Waals surface area contributed by atoms with Crippen LogP contribution >= 0.6 is 0 Å². The van der Waals surface area contributed by atoms with Gasteiger partial charge in [-0.2, -0.15) is 0 Å². The fourth-order valence-corrected chi connectivity index (χ4v) is 5.00. The molecule has 4 rings (SSSR count). The molecule has 0 bridgehead atoms. The standard InChI is InChI=1S/C26H32O8/c1-16(10-12-19-21(27)31-25(32-22(19)28)14-6-4-8-17(25)2)11-13-20-23(29)33-26(34-24(20)30)15-7-5-9-18(26)3/h10-13,17-18,27H,4-9,14-15H2,1-3H3/p-1/b12-10+,16-11+,20-13?. The maximum absolute atomic E-state index is 12.5. The van der Waals surface area contributed by atoms with Crippen LogP contribution in [0.25, 0.3) is 0 Å². The number of hydrogen-bond acceptors (Lipinski definition) is 8. The molecule has 2 saturated carbocycles. The Labute approximate surface area is 199 Å². The summed E-state index contributed by atoms with van der Waals surface area (Å²) in [5.74, 6) is -5.30. The second-order valence-electron chi connectivity index (χ2n) is 9.71. The molecule has 8 heteroatoms. The van der Waals surface area contributed by atoms with Crippen molar-refractivity contribution in [3.05, 3.63) is 47.0 Å². The lowest BCUT2D eigenvalue weighted by Gasteiger charge is -2.50. The second-order valence-corrected chi connectivity index (χ2v) is 9.71. The van der Waals surface area contributed by atoms with Crippen LogP contribution in [0.3, 0.4) is 0 Å². The number of esters is 3. The quantitative estimate of drug-likeness (QED) is 0.266. The zero-order valence-corrected chi connectivity index (χ0v) is 19.9. The van der Waals surface area contributed by atoms with Gasteiger partial charge in [0.1, 0.15) is 5.57 Å². The van der Waals surface area contributed by atoms with Crippen molar-refractivity contribution >= 4 is 17.9 Å². The first-order chi connectivity index (χ1) is 16.2. The zero-order valence-electron chi connectivity index (χ0n) is 19.9. The highest BCUT2D eigenvalue weighted by molar-refractivity contribution is 6.15. The average molecular weight is 472 g/mol. The van der Waals surface area contributed by atoms with Crippen molar-refractivity contribution < 1.29 is 38.4 Å². The van der Waals surface area contributed by atoms with Crippen molar-refractivity contribution in [3.8, 4) is 0 Å². The van der Waals surface area contributed by atoms with E-state index in [0.717, 1.165) is 38.5 Å². The molecule has 0 radical (unpaired) electrons. The fraction of sp³-hybridized carbons (Fsp3) is 0.577. The summed E-state index contributed by atoms with van der Waals surface area (Å²) in [5, 5.41) is 12.5. The van der Waals surface area contributed by atoms with Gasteiger partial charge < -0.3 is 24.1 Å². The van der Waals surface area contributed by atoms with E-state index in [0.29, 0.717) is 18.4 Å². The molecule has 3 unspecified atom stereocenters. The minimum atomic E-state index is -1.17. The van der Waals surface area contributed by atoms with E-state index in [1.807, 2.05) is 13.8 Å². The Morgan fingerprint density at radius 2 is 1.38 bits per heavy atom. The van der Waals surface area contributed by atoms with Crippen LogP contribution in [0.5, 0.6) is 0 Å². The summed E-state index contributed by atoms with van der Waals surface area (Å²) >= 11 is 0. The normalized spacial score (nSPS) is 34.7. The summed E-state index contributed by atoms with van der Waals surface area (Å²) < 4.78 is 22.3. The van der Waals surface area contributed by atoms with Gasteiger partial charge in [0.2, 0.25) is 0 Å². The van der Waals surface area contributed by atoms with Gasteiger partial charge >= 0.3 is 17.9 Å². The van der Waals surface area contributed by atoms with Gasteiger partial charge in [-0.1, -0.05) is 44.4 Å². The summed E-state index contributed by atoms with van der Waals surface area (Å²) in [7, 11) is 0. The smallest absolute Gasteiger partial charge is 0.348 e. The first kappa shape index (κ1) is 24.1. The molecule has 184 valence electrons. The Kier molecular flexibility index (Phi) is 6.60. The molecule has 8 nitrogen and oxygen atoms in total. The highest BCUT2D eigenvalue weighted by Crippen LogP contribution is 2.42. The third-order valence-corrected chi connectivity index (χ3v) is 7.29. The highest BCUT2D eigenvalue weighted by Gasteiger charge is 2.50. The van der Waals surface area contributed by atoms with Gasteiger partial charge in [-0.15, -0.1) is 0 Å². The molecule has 2 aliphatic heterocycles. The number of hydrogen-bond donors (Lipinski definition) is 0. The lowest BCUT2D eigenvalue weighted by molar-refractivity contribution is -0.407. The summed E-state index contributed by atoms with van der Waals surface area (Å²) in [6.07, 6.45) is 12.0. The van der Waals surface area contributed by atoms with Gasteiger partial charge in [0.05, 0.1) is 11.5 Å². The van der Waals surface area contributed by atoms with E-state index in [-0.39, 0.29) is 23.0 Å². The first-order valence-electron chi connectivity index (χ1n) is 12.0. The van der Waals surface area contributed by atoms with Crippen molar-refractivity contribution in [3.63, 3.8) is 0 Å². The van der Waals surface area contributed by atoms with Crippen molar-refractivity contribution in [2.75, 3.05) is 0 Å². The molecular weight excluding hydrogens is 440 g/mol. The number of carbonyl (C=O) groups is 3. The van der Waals surface area contributed by atoms with E-state index in [1.165, 1.54) is 24.3 Å². The number of allylic oxidation sites excluding steroid dienone is 4. The Balaban J connectivity index is 1.46. The summed E-state index contributed by atoms with van der Waals surface area (Å²) in [5.41, 5.74) is 0.181. The first-order valence-corrected chi connectivity index (χ1v) is 12.0. The molecule has 2 heterocycles. The van der Waals surface area contributed by atoms with E-state index in [1.54, 1.807) is 6.92 Å². The Morgan fingerprint density at radius 1 is 0.853 bits per heavy atom. The molecule has 3 atom stereocenters. The van der Waals surface area contributed by atoms with Gasteiger partial charge in [-0.3, -0.25) is 0 Å². The Hall–Kier alpha value is -3.03. The SMILES string of the molecule is CC(/C=C/C1=C([O-])OC2(CCCCC2C)OC1=O)=C\C=C1C(=O)OC2(CCCCC2C)OC1=O. The number of rotatable bonds is 3. The van der Waals surface area contributed by atoms with Crippen LogP contribution < -0.4 is 5.11 Å². The van der Waals surface area contributed by atoms with Gasteiger partial charge in [0, 0.05) is 18.3 Å². The van der Waals surface area contributed by atoms with Crippen molar-refractivity contribution in [2.24, 2.45) is 11.8 Å². The minimum absolute atomic E-state index is 0.0568. The molecule has 34 heavy (non-hydrogen) atoms. The lowest BCUT2D eigenvalue weighted by Crippen LogP contribution is -2.52. The van der Waals surface area contributed by atoms with E-state index in [2.05, 4.69) is 0 Å². The molecule has 0 aromatic heterocycles. The van der Waals surface area contributed by atoms with Crippen molar-refractivity contribution in [1.82, 2.24) is 0 Å². The monoisotopic (exact) mass is 471 g/mol. The molecule has 0 aromatic rings. The van der Waals surface area contributed by atoms with E-state index in [9.17, 15) is 19.5 Å². The minimum Gasteiger partial charge on any atom is -0.574 e. The summed E-state index contributed by atoms with van der Waals surface area (Å²) in [6, 6.07) is 0. The van der Waals surface area contributed by atoms with Crippen LogP contribution in [0.15, 0.2) is 47.0 Å². The molecule has 2 spiro atoms. The van der Waals surface area contributed by atoms with Crippen LogP contribution in [0.2, 0.25) is 0 Å². The molecule has 0 N–H and O–H groups in total. The third-order valence-electron chi connectivity index (χ3n) is 7.29.